The Morgan fingerprint density at radius 1 is 1.23 bits per heavy atom. The van der Waals surface area contributed by atoms with Gasteiger partial charge in [-0.15, -0.1) is 0 Å². The van der Waals surface area contributed by atoms with Gasteiger partial charge in [-0.1, -0.05) is 43.0 Å². The average molecular weight is 371 g/mol. The van der Waals surface area contributed by atoms with Crippen molar-refractivity contribution >= 4 is 35.1 Å². The molecule has 1 aromatic carbocycles. The Labute approximate surface area is 160 Å². The Bertz CT molecular complexity index is 830. The van der Waals surface area contributed by atoms with Crippen molar-refractivity contribution in [2.45, 2.75) is 18.9 Å². The van der Waals surface area contributed by atoms with Gasteiger partial charge < -0.3 is 22.1 Å². The van der Waals surface area contributed by atoms with Crippen LogP contribution in [0.25, 0.3) is 17.8 Å². The van der Waals surface area contributed by atoms with Gasteiger partial charge in [-0.25, -0.2) is 0 Å². The number of allylic oxidation sites excluding steroid dienone is 5. The Balaban J connectivity index is 2.54. The van der Waals surface area contributed by atoms with Gasteiger partial charge in [0.2, 0.25) is 0 Å². The molecule has 0 saturated carbocycles. The molecule has 138 valence electrons. The van der Waals surface area contributed by atoms with E-state index in [0.717, 1.165) is 53.2 Å². The van der Waals surface area contributed by atoms with Crippen molar-refractivity contribution in [2.75, 3.05) is 18.4 Å². The number of anilines is 1. The van der Waals surface area contributed by atoms with Gasteiger partial charge in [0.25, 0.3) is 0 Å². The van der Waals surface area contributed by atoms with Gasteiger partial charge in [0.05, 0.1) is 0 Å². The summed E-state index contributed by atoms with van der Waals surface area (Å²) in [6, 6.07) is 4.51. The number of hydrogen-bond donors (Lipinski definition) is 4. The summed E-state index contributed by atoms with van der Waals surface area (Å²) in [4.78, 5) is 0. The molecule has 1 fully saturated rings. The van der Waals surface area contributed by atoms with Crippen LogP contribution in [0.1, 0.15) is 18.4 Å². The summed E-state index contributed by atoms with van der Waals surface area (Å²) in [6.45, 7) is 9.51. The molecule has 1 aliphatic heterocycles. The second kappa shape index (κ2) is 9.90. The second-order valence-electron chi connectivity index (χ2n) is 6.17. The van der Waals surface area contributed by atoms with Crippen molar-refractivity contribution in [3.63, 3.8) is 0 Å². The Hall–Kier alpha value is -2.43. The number of halogens is 1. The SMILES string of the molecule is C=C/C=c1/cc(C(/C=C\C(=C)Cl)=C/N)cc(NC2CCNCC2)/c1=C/N. The third-order valence-electron chi connectivity index (χ3n) is 4.33. The fourth-order valence-electron chi connectivity index (χ4n) is 3.03. The minimum absolute atomic E-state index is 0.408. The molecule has 1 aliphatic rings. The molecule has 1 aromatic rings. The standard InChI is InChI=1S/C21H27ClN4/c1-3-4-16-11-18(17(13-23)6-5-15(2)22)12-21(20(16)14-24)26-19-7-9-25-10-8-19/h3-6,11-14,19,25-26H,1-2,7-10,23-24H2/b6-5-,16-4-,17-13+,20-14+. The van der Waals surface area contributed by atoms with E-state index >= 15 is 0 Å². The lowest BCUT2D eigenvalue weighted by Crippen LogP contribution is -2.38. The quantitative estimate of drug-likeness (QED) is 0.578. The van der Waals surface area contributed by atoms with Crippen LogP contribution in [0.4, 0.5) is 5.69 Å². The number of nitrogens with two attached hydrogens (primary N) is 2. The summed E-state index contributed by atoms with van der Waals surface area (Å²) in [5.41, 5.74) is 14.6. The Morgan fingerprint density at radius 2 is 1.96 bits per heavy atom. The maximum Gasteiger partial charge on any atom is 0.0442 e. The van der Waals surface area contributed by atoms with Crippen LogP contribution in [-0.2, 0) is 0 Å². The van der Waals surface area contributed by atoms with E-state index in [1.807, 2.05) is 18.2 Å². The van der Waals surface area contributed by atoms with Crippen LogP contribution in [0.3, 0.4) is 0 Å². The lowest BCUT2D eigenvalue weighted by molar-refractivity contribution is 0.479. The molecule has 1 saturated heterocycles. The van der Waals surface area contributed by atoms with Crippen LogP contribution < -0.4 is 32.5 Å². The van der Waals surface area contributed by atoms with Crippen LogP contribution in [0.2, 0.25) is 0 Å². The largest absolute Gasteiger partial charge is 0.404 e. The fourth-order valence-corrected chi connectivity index (χ4v) is 3.09. The zero-order chi connectivity index (χ0) is 18.9. The van der Waals surface area contributed by atoms with Crippen molar-refractivity contribution in [1.82, 2.24) is 5.32 Å². The van der Waals surface area contributed by atoms with Crippen LogP contribution in [0.5, 0.6) is 0 Å². The van der Waals surface area contributed by atoms with Crippen molar-refractivity contribution in [3.8, 4) is 0 Å². The molecule has 0 bridgehead atoms. The average Bonchev–Trinajstić information content (AvgIpc) is 2.63. The molecule has 4 nitrogen and oxygen atoms in total. The Kier molecular flexibility index (Phi) is 7.57. The summed E-state index contributed by atoms with van der Waals surface area (Å²) >= 11 is 5.85. The van der Waals surface area contributed by atoms with E-state index in [1.54, 1.807) is 24.6 Å². The molecule has 0 aromatic heterocycles. The molecular formula is C21H27ClN4. The van der Waals surface area contributed by atoms with Gasteiger partial charge in [-0.2, -0.15) is 0 Å². The topological polar surface area (TPSA) is 76.1 Å². The highest BCUT2D eigenvalue weighted by atomic mass is 35.5. The van der Waals surface area contributed by atoms with Gasteiger partial charge in [0.1, 0.15) is 0 Å². The molecule has 2 rings (SSSR count). The smallest absolute Gasteiger partial charge is 0.0442 e. The van der Waals surface area contributed by atoms with Crippen molar-refractivity contribution in [3.05, 3.63) is 70.8 Å². The van der Waals surface area contributed by atoms with Gasteiger partial charge >= 0.3 is 0 Å². The number of hydrogen-bond acceptors (Lipinski definition) is 4. The first kappa shape index (κ1) is 19.9. The van der Waals surface area contributed by atoms with Crippen LogP contribution in [0, 0.1) is 0 Å². The lowest BCUT2D eigenvalue weighted by atomic mass is 10.0. The molecule has 0 amide bonds. The van der Waals surface area contributed by atoms with Crippen LogP contribution in [-0.4, -0.2) is 19.1 Å². The van der Waals surface area contributed by atoms with Crippen LogP contribution >= 0.6 is 11.6 Å². The summed E-state index contributed by atoms with van der Waals surface area (Å²) in [5, 5.41) is 9.40. The molecule has 5 heteroatoms. The molecule has 0 spiro atoms. The predicted octanol–water partition coefficient (Wildman–Crippen LogP) is 2.12. The molecule has 0 aliphatic carbocycles. The van der Waals surface area contributed by atoms with Crippen molar-refractivity contribution < 1.29 is 0 Å². The van der Waals surface area contributed by atoms with E-state index in [0.29, 0.717) is 11.1 Å². The minimum Gasteiger partial charge on any atom is -0.404 e. The van der Waals surface area contributed by atoms with Crippen LogP contribution in [0.15, 0.2) is 54.8 Å². The van der Waals surface area contributed by atoms with E-state index < -0.39 is 0 Å². The van der Waals surface area contributed by atoms with E-state index in [4.69, 9.17) is 23.1 Å². The van der Waals surface area contributed by atoms with Gasteiger partial charge in [-0.3, -0.25) is 0 Å². The zero-order valence-electron chi connectivity index (χ0n) is 15.0. The number of piperidine rings is 1. The summed E-state index contributed by atoms with van der Waals surface area (Å²) in [5.74, 6) is 0. The maximum absolute atomic E-state index is 5.93. The summed E-state index contributed by atoms with van der Waals surface area (Å²) in [6.07, 6.45) is 12.6. The first-order valence-electron chi connectivity index (χ1n) is 8.69. The first-order chi connectivity index (χ1) is 12.6. The molecule has 0 radical (unpaired) electrons. The molecule has 1 heterocycles. The maximum atomic E-state index is 5.93. The van der Waals surface area contributed by atoms with E-state index in [-0.39, 0.29) is 0 Å². The highest BCUT2D eigenvalue weighted by Crippen LogP contribution is 2.18. The number of rotatable bonds is 6. The van der Waals surface area contributed by atoms with Crippen molar-refractivity contribution in [2.24, 2.45) is 11.5 Å². The third-order valence-corrected chi connectivity index (χ3v) is 4.46. The van der Waals surface area contributed by atoms with E-state index in [2.05, 4.69) is 29.9 Å². The molecular weight excluding hydrogens is 344 g/mol. The first-order valence-corrected chi connectivity index (χ1v) is 9.07. The number of benzene rings is 1. The molecule has 0 atom stereocenters. The summed E-state index contributed by atoms with van der Waals surface area (Å²) < 4.78 is 0. The van der Waals surface area contributed by atoms with E-state index in [1.165, 1.54) is 0 Å². The van der Waals surface area contributed by atoms with Gasteiger partial charge in [0, 0.05) is 34.4 Å². The molecule has 26 heavy (non-hydrogen) atoms. The van der Waals surface area contributed by atoms with E-state index in [9.17, 15) is 0 Å². The zero-order valence-corrected chi connectivity index (χ0v) is 15.7. The minimum atomic E-state index is 0.408. The molecule has 6 N–H and O–H groups in total. The lowest BCUT2D eigenvalue weighted by Gasteiger charge is -2.25. The molecule has 0 unspecified atom stereocenters. The third kappa shape index (κ3) is 5.28. The highest BCUT2D eigenvalue weighted by molar-refractivity contribution is 6.30. The second-order valence-corrected chi connectivity index (χ2v) is 6.65. The Morgan fingerprint density at radius 3 is 2.54 bits per heavy atom. The fraction of sp³-hybridized carbons (Fsp3) is 0.238. The van der Waals surface area contributed by atoms with Gasteiger partial charge in [-0.05, 0) is 60.5 Å². The normalized spacial score (nSPS) is 17.7. The number of nitrogens with one attached hydrogen (secondary N) is 2. The monoisotopic (exact) mass is 370 g/mol. The predicted molar refractivity (Wildman–Crippen MR) is 115 cm³/mol. The highest BCUT2D eigenvalue weighted by Gasteiger charge is 2.14. The van der Waals surface area contributed by atoms with Gasteiger partial charge in [0.15, 0.2) is 0 Å². The summed E-state index contributed by atoms with van der Waals surface area (Å²) in [7, 11) is 0. The van der Waals surface area contributed by atoms with Crippen molar-refractivity contribution in [1.29, 1.82) is 0 Å².